The van der Waals surface area contributed by atoms with E-state index in [2.05, 4.69) is 19.8 Å². The van der Waals surface area contributed by atoms with Gasteiger partial charge >= 0.3 is 0 Å². The van der Waals surface area contributed by atoms with Gasteiger partial charge in [0.25, 0.3) is 0 Å². The molecule has 1 fully saturated rings. The maximum Gasteiger partial charge on any atom is 0.185 e. The predicted molar refractivity (Wildman–Crippen MR) is 83.9 cm³/mol. The van der Waals surface area contributed by atoms with Crippen molar-refractivity contribution in [3.05, 3.63) is 39.6 Å². The molecule has 7 heteroatoms. The van der Waals surface area contributed by atoms with Gasteiger partial charge in [0.15, 0.2) is 5.13 Å². The number of thiazole rings is 1. The summed E-state index contributed by atoms with van der Waals surface area (Å²) in [5, 5.41) is 4.25. The molecule has 20 heavy (non-hydrogen) atoms. The standard InChI is InChI=1S/C13H14Cl2N4S/c14-11-7-12(15)17-8-10(11)9-18-2-4-19(5-3-18)13-16-1-6-20-13/h1,6-8H,2-5,9H2. The lowest BCUT2D eigenvalue weighted by molar-refractivity contribution is 0.249. The van der Waals surface area contributed by atoms with Crippen LogP contribution in [0.15, 0.2) is 23.8 Å². The fourth-order valence-corrected chi connectivity index (χ4v) is 3.38. The summed E-state index contributed by atoms with van der Waals surface area (Å²) in [4.78, 5) is 13.1. The van der Waals surface area contributed by atoms with E-state index in [1.54, 1.807) is 23.6 Å². The molecule has 0 saturated carbocycles. The molecule has 0 spiro atoms. The highest BCUT2D eigenvalue weighted by atomic mass is 35.5. The van der Waals surface area contributed by atoms with E-state index in [1.165, 1.54) is 0 Å². The minimum absolute atomic E-state index is 0.437. The maximum absolute atomic E-state index is 6.19. The summed E-state index contributed by atoms with van der Waals surface area (Å²) in [7, 11) is 0. The summed E-state index contributed by atoms with van der Waals surface area (Å²) in [5.41, 5.74) is 1.03. The fraction of sp³-hybridized carbons (Fsp3) is 0.385. The normalized spacial score (nSPS) is 16.6. The van der Waals surface area contributed by atoms with Gasteiger partial charge in [-0.05, 0) is 6.07 Å². The summed E-state index contributed by atoms with van der Waals surface area (Å²) in [5.74, 6) is 0. The summed E-state index contributed by atoms with van der Waals surface area (Å²) >= 11 is 13.7. The molecule has 2 aromatic heterocycles. The van der Waals surface area contributed by atoms with Crippen LogP contribution in [0.25, 0.3) is 0 Å². The van der Waals surface area contributed by atoms with Crippen molar-refractivity contribution in [2.45, 2.75) is 6.54 Å². The van der Waals surface area contributed by atoms with Gasteiger partial charge in [-0.3, -0.25) is 4.90 Å². The van der Waals surface area contributed by atoms with Crippen LogP contribution in [0.2, 0.25) is 10.2 Å². The van der Waals surface area contributed by atoms with Crippen LogP contribution in [0.5, 0.6) is 0 Å². The first-order chi connectivity index (χ1) is 9.72. The Bertz CT molecular complexity index is 568. The molecule has 1 aliphatic heterocycles. The van der Waals surface area contributed by atoms with E-state index in [9.17, 15) is 0 Å². The van der Waals surface area contributed by atoms with E-state index in [1.807, 2.05) is 11.6 Å². The first-order valence-electron chi connectivity index (χ1n) is 6.39. The van der Waals surface area contributed by atoms with E-state index < -0.39 is 0 Å². The molecule has 0 radical (unpaired) electrons. The Morgan fingerprint density at radius 2 is 1.95 bits per heavy atom. The fourth-order valence-electron chi connectivity index (χ4n) is 2.26. The largest absolute Gasteiger partial charge is 0.346 e. The zero-order chi connectivity index (χ0) is 13.9. The van der Waals surface area contributed by atoms with Gasteiger partial charge in [0.1, 0.15) is 5.15 Å². The molecule has 4 nitrogen and oxygen atoms in total. The molecule has 3 heterocycles. The van der Waals surface area contributed by atoms with Crippen LogP contribution in [0, 0.1) is 0 Å². The quantitative estimate of drug-likeness (QED) is 0.810. The van der Waals surface area contributed by atoms with E-state index >= 15 is 0 Å². The Morgan fingerprint density at radius 3 is 2.60 bits per heavy atom. The van der Waals surface area contributed by atoms with Crippen LogP contribution in [0.1, 0.15) is 5.56 Å². The van der Waals surface area contributed by atoms with Crippen molar-refractivity contribution >= 4 is 39.7 Å². The number of anilines is 1. The number of hydrogen-bond donors (Lipinski definition) is 0. The van der Waals surface area contributed by atoms with Crippen molar-refractivity contribution < 1.29 is 0 Å². The number of piperazine rings is 1. The molecule has 0 aliphatic carbocycles. The van der Waals surface area contributed by atoms with Crippen LogP contribution in [0.4, 0.5) is 5.13 Å². The average molecular weight is 329 g/mol. The summed E-state index contributed by atoms with van der Waals surface area (Å²) in [6, 6.07) is 1.70. The molecular formula is C13H14Cl2N4S. The van der Waals surface area contributed by atoms with Gasteiger partial charge < -0.3 is 4.90 Å². The van der Waals surface area contributed by atoms with Gasteiger partial charge in [-0.15, -0.1) is 11.3 Å². The van der Waals surface area contributed by atoms with Crippen molar-refractivity contribution in [2.75, 3.05) is 31.1 Å². The second-order valence-corrected chi connectivity index (χ2v) is 6.34. The summed E-state index contributed by atoms with van der Waals surface area (Å²) < 4.78 is 0. The second kappa shape index (κ2) is 6.26. The highest BCUT2D eigenvalue weighted by molar-refractivity contribution is 7.13. The zero-order valence-electron chi connectivity index (χ0n) is 10.8. The predicted octanol–water partition coefficient (Wildman–Crippen LogP) is 3.17. The van der Waals surface area contributed by atoms with Crippen molar-refractivity contribution in [1.82, 2.24) is 14.9 Å². The highest BCUT2D eigenvalue weighted by Gasteiger charge is 2.19. The molecule has 1 saturated heterocycles. The Kier molecular flexibility index (Phi) is 4.41. The third kappa shape index (κ3) is 3.23. The molecule has 3 rings (SSSR count). The average Bonchev–Trinajstić information content (AvgIpc) is 2.97. The minimum Gasteiger partial charge on any atom is -0.346 e. The topological polar surface area (TPSA) is 32.3 Å². The highest BCUT2D eigenvalue weighted by Crippen LogP contribution is 2.22. The molecule has 0 amide bonds. The monoisotopic (exact) mass is 328 g/mol. The van der Waals surface area contributed by atoms with Crippen LogP contribution in [0.3, 0.4) is 0 Å². The SMILES string of the molecule is Clc1cc(Cl)c(CN2CCN(c3nccs3)CC2)cn1. The molecule has 2 aromatic rings. The first kappa shape index (κ1) is 14.1. The lowest BCUT2D eigenvalue weighted by Gasteiger charge is -2.34. The molecular weight excluding hydrogens is 315 g/mol. The van der Waals surface area contributed by atoms with Gasteiger partial charge in [-0.2, -0.15) is 0 Å². The molecule has 0 unspecified atom stereocenters. The smallest absolute Gasteiger partial charge is 0.185 e. The Morgan fingerprint density at radius 1 is 1.15 bits per heavy atom. The lowest BCUT2D eigenvalue weighted by atomic mass is 10.2. The van der Waals surface area contributed by atoms with Crippen LogP contribution in [-0.2, 0) is 6.54 Å². The third-order valence-electron chi connectivity index (χ3n) is 3.35. The van der Waals surface area contributed by atoms with E-state index in [0.717, 1.165) is 43.4 Å². The molecule has 0 atom stereocenters. The minimum atomic E-state index is 0.437. The number of hydrogen-bond acceptors (Lipinski definition) is 5. The number of pyridine rings is 1. The van der Waals surface area contributed by atoms with Gasteiger partial charge in [0.05, 0.1) is 0 Å². The number of rotatable bonds is 3. The van der Waals surface area contributed by atoms with Crippen LogP contribution in [-0.4, -0.2) is 41.0 Å². The Balaban J connectivity index is 1.58. The Hall–Kier alpha value is -0.880. The number of aromatic nitrogens is 2. The van der Waals surface area contributed by atoms with Gasteiger partial charge in [-0.25, -0.2) is 9.97 Å². The summed E-state index contributed by atoms with van der Waals surface area (Å²) in [6.07, 6.45) is 3.61. The van der Waals surface area contributed by atoms with Crippen molar-refractivity contribution in [3.8, 4) is 0 Å². The molecule has 0 N–H and O–H groups in total. The van der Waals surface area contributed by atoms with Gasteiger partial charge in [-0.1, -0.05) is 23.2 Å². The third-order valence-corrected chi connectivity index (χ3v) is 4.74. The molecule has 0 bridgehead atoms. The van der Waals surface area contributed by atoms with Crippen molar-refractivity contribution in [3.63, 3.8) is 0 Å². The molecule has 106 valence electrons. The van der Waals surface area contributed by atoms with E-state index in [4.69, 9.17) is 23.2 Å². The number of halogens is 2. The van der Waals surface area contributed by atoms with Crippen molar-refractivity contribution in [1.29, 1.82) is 0 Å². The van der Waals surface area contributed by atoms with E-state index in [0.29, 0.717) is 10.2 Å². The molecule has 0 aromatic carbocycles. The second-order valence-electron chi connectivity index (χ2n) is 4.68. The van der Waals surface area contributed by atoms with Crippen LogP contribution >= 0.6 is 34.5 Å². The lowest BCUT2D eigenvalue weighted by Crippen LogP contribution is -2.46. The van der Waals surface area contributed by atoms with Gasteiger partial charge in [0, 0.05) is 61.1 Å². The first-order valence-corrected chi connectivity index (χ1v) is 8.02. The van der Waals surface area contributed by atoms with Gasteiger partial charge in [0.2, 0.25) is 0 Å². The molecule has 1 aliphatic rings. The maximum atomic E-state index is 6.19. The van der Waals surface area contributed by atoms with Crippen molar-refractivity contribution in [2.24, 2.45) is 0 Å². The van der Waals surface area contributed by atoms with Crippen LogP contribution < -0.4 is 4.90 Å². The summed E-state index contributed by atoms with van der Waals surface area (Å²) in [6.45, 7) is 4.80. The van der Waals surface area contributed by atoms with E-state index in [-0.39, 0.29) is 0 Å². The zero-order valence-corrected chi connectivity index (χ0v) is 13.1. The number of nitrogens with zero attached hydrogens (tertiary/aromatic N) is 4. The Labute approximate surface area is 132 Å².